The van der Waals surface area contributed by atoms with Crippen LogP contribution < -0.4 is 5.32 Å². The molecule has 0 fully saturated rings. The molecule has 2 unspecified atom stereocenters. The fourth-order valence-corrected chi connectivity index (χ4v) is 2.08. The summed E-state index contributed by atoms with van der Waals surface area (Å²) in [6.45, 7) is 4.52. The van der Waals surface area contributed by atoms with E-state index in [-0.39, 0.29) is 0 Å². The number of hydrogen-bond acceptors (Lipinski definition) is 3. The Morgan fingerprint density at radius 2 is 2.25 bits per heavy atom. The van der Waals surface area contributed by atoms with Gasteiger partial charge in [-0.1, -0.05) is 39.5 Å². The van der Waals surface area contributed by atoms with Crippen LogP contribution in [-0.4, -0.2) is 22.5 Å². The minimum absolute atomic E-state index is 0.334. The Balaban J connectivity index is 2.47. The molecule has 2 atom stereocenters. The van der Waals surface area contributed by atoms with Gasteiger partial charge in [0.25, 0.3) is 0 Å². The normalized spacial score (nSPS) is 14.9. The fourth-order valence-electron chi connectivity index (χ4n) is 2.08. The first kappa shape index (κ1) is 13.2. The second-order valence-electron chi connectivity index (χ2n) is 4.39. The monoisotopic (exact) mass is 224 g/mol. The van der Waals surface area contributed by atoms with Crippen molar-refractivity contribution in [2.24, 2.45) is 5.92 Å². The summed E-state index contributed by atoms with van der Waals surface area (Å²) in [6.07, 6.45) is 8.14. The Labute approximate surface area is 98.2 Å². The molecule has 92 valence electrons. The van der Waals surface area contributed by atoms with E-state index in [1.54, 1.807) is 0 Å². The number of rotatable bonds is 8. The highest BCUT2D eigenvalue weighted by atomic mass is 15.3. The highest BCUT2D eigenvalue weighted by molar-refractivity contribution is 4.99. The van der Waals surface area contributed by atoms with E-state index in [0.717, 1.165) is 18.0 Å². The number of nitrogens with zero attached hydrogens (tertiary/aromatic N) is 2. The lowest BCUT2D eigenvalue weighted by atomic mass is 9.91. The third-order valence-electron chi connectivity index (χ3n) is 3.25. The summed E-state index contributed by atoms with van der Waals surface area (Å²) < 4.78 is 0. The third-order valence-corrected chi connectivity index (χ3v) is 3.25. The molecular formula is C12H24N4. The average Bonchev–Trinajstić information content (AvgIpc) is 2.83. The van der Waals surface area contributed by atoms with Gasteiger partial charge < -0.3 is 5.32 Å². The van der Waals surface area contributed by atoms with Crippen LogP contribution in [0, 0.1) is 5.92 Å². The van der Waals surface area contributed by atoms with Gasteiger partial charge in [0.15, 0.2) is 0 Å². The van der Waals surface area contributed by atoms with Gasteiger partial charge in [-0.05, 0) is 19.4 Å². The van der Waals surface area contributed by atoms with Crippen molar-refractivity contribution in [3.8, 4) is 0 Å². The van der Waals surface area contributed by atoms with Crippen molar-refractivity contribution in [3.05, 3.63) is 11.9 Å². The van der Waals surface area contributed by atoms with Gasteiger partial charge in [0.1, 0.15) is 0 Å². The Kier molecular flexibility index (Phi) is 6.08. The molecule has 0 aromatic carbocycles. The number of hydrogen-bond donors (Lipinski definition) is 2. The second kappa shape index (κ2) is 7.39. The van der Waals surface area contributed by atoms with E-state index >= 15 is 0 Å². The Bertz CT molecular complexity index is 258. The highest BCUT2D eigenvalue weighted by Crippen LogP contribution is 2.24. The van der Waals surface area contributed by atoms with Crippen LogP contribution in [0.3, 0.4) is 0 Å². The molecule has 1 aromatic rings. The zero-order valence-corrected chi connectivity index (χ0v) is 10.7. The lowest BCUT2D eigenvalue weighted by molar-refractivity contribution is 0.361. The number of nitrogens with one attached hydrogen (secondary N) is 2. The smallest absolute Gasteiger partial charge is 0.0993 e. The van der Waals surface area contributed by atoms with E-state index in [2.05, 4.69) is 34.6 Å². The van der Waals surface area contributed by atoms with Crippen LogP contribution in [-0.2, 0) is 0 Å². The fraction of sp³-hybridized carbons (Fsp3) is 0.833. The highest BCUT2D eigenvalue weighted by Gasteiger charge is 2.17. The van der Waals surface area contributed by atoms with Crippen molar-refractivity contribution in [2.75, 3.05) is 7.05 Å². The van der Waals surface area contributed by atoms with Crippen LogP contribution in [0.4, 0.5) is 0 Å². The predicted molar refractivity (Wildman–Crippen MR) is 66.1 cm³/mol. The Hall–Kier alpha value is -0.900. The van der Waals surface area contributed by atoms with E-state index in [0.29, 0.717) is 6.04 Å². The van der Waals surface area contributed by atoms with Crippen LogP contribution in [0.1, 0.15) is 57.7 Å². The summed E-state index contributed by atoms with van der Waals surface area (Å²) in [5.74, 6) is 0.786. The topological polar surface area (TPSA) is 53.6 Å². The summed E-state index contributed by atoms with van der Waals surface area (Å²) in [6, 6.07) is 0.334. The average molecular weight is 224 g/mol. The molecule has 0 aliphatic heterocycles. The maximum Gasteiger partial charge on any atom is 0.0993 e. The number of H-pyrrole nitrogens is 1. The van der Waals surface area contributed by atoms with E-state index < -0.39 is 0 Å². The molecule has 0 aliphatic rings. The molecular weight excluding hydrogens is 200 g/mol. The lowest BCUT2D eigenvalue weighted by Gasteiger charge is -2.20. The maximum atomic E-state index is 4.16. The van der Waals surface area contributed by atoms with Gasteiger partial charge >= 0.3 is 0 Å². The van der Waals surface area contributed by atoms with Gasteiger partial charge in [-0.25, -0.2) is 0 Å². The molecule has 1 aromatic heterocycles. The van der Waals surface area contributed by atoms with Gasteiger partial charge in [0.05, 0.1) is 17.9 Å². The molecule has 0 amide bonds. The number of unbranched alkanes of at least 4 members (excludes halogenated alkanes) is 1. The van der Waals surface area contributed by atoms with Crippen molar-refractivity contribution in [1.29, 1.82) is 0 Å². The first-order chi connectivity index (χ1) is 7.81. The molecule has 4 heteroatoms. The van der Waals surface area contributed by atoms with Gasteiger partial charge in [-0.15, -0.1) is 0 Å². The van der Waals surface area contributed by atoms with Crippen molar-refractivity contribution >= 4 is 0 Å². The van der Waals surface area contributed by atoms with Crippen LogP contribution in [0.15, 0.2) is 6.20 Å². The SMILES string of the molecule is CCCCC(CC)CC(NC)c1cn[nH]n1. The molecule has 0 bridgehead atoms. The summed E-state index contributed by atoms with van der Waals surface area (Å²) in [5.41, 5.74) is 1.03. The van der Waals surface area contributed by atoms with Crippen LogP contribution in [0.2, 0.25) is 0 Å². The summed E-state index contributed by atoms with van der Waals surface area (Å²) in [5, 5.41) is 14.0. The molecule has 0 aliphatic carbocycles. The number of aromatic amines is 1. The van der Waals surface area contributed by atoms with Crippen LogP contribution >= 0.6 is 0 Å². The van der Waals surface area contributed by atoms with Gasteiger partial charge in [0.2, 0.25) is 0 Å². The largest absolute Gasteiger partial charge is 0.312 e. The lowest BCUT2D eigenvalue weighted by Crippen LogP contribution is -2.20. The van der Waals surface area contributed by atoms with Crippen LogP contribution in [0.25, 0.3) is 0 Å². The van der Waals surface area contributed by atoms with Gasteiger partial charge in [-0.2, -0.15) is 15.4 Å². The van der Waals surface area contributed by atoms with E-state index in [1.165, 1.54) is 25.7 Å². The van der Waals surface area contributed by atoms with Crippen molar-refractivity contribution in [2.45, 2.75) is 52.0 Å². The van der Waals surface area contributed by atoms with Crippen molar-refractivity contribution in [1.82, 2.24) is 20.7 Å². The second-order valence-corrected chi connectivity index (χ2v) is 4.39. The summed E-state index contributed by atoms with van der Waals surface area (Å²) in [4.78, 5) is 0. The molecule has 0 radical (unpaired) electrons. The summed E-state index contributed by atoms with van der Waals surface area (Å²) >= 11 is 0. The summed E-state index contributed by atoms with van der Waals surface area (Å²) in [7, 11) is 1.99. The molecule has 1 heterocycles. The van der Waals surface area contributed by atoms with Crippen molar-refractivity contribution < 1.29 is 0 Å². The van der Waals surface area contributed by atoms with Crippen molar-refractivity contribution in [3.63, 3.8) is 0 Å². The first-order valence-electron chi connectivity index (χ1n) is 6.34. The number of aromatic nitrogens is 3. The molecule has 0 saturated carbocycles. The minimum Gasteiger partial charge on any atom is -0.312 e. The predicted octanol–water partition coefficient (Wildman–Crippen LogP) is 2.67. The third kappa shape index (κ3) is 3.93. The van der Waals surface area contributed by atoms with Gasteiger partial charge in [-0.3, -0.25) is 0 Å². The molecule has 1 rings (SSSR count). The van der Waals surface area contributed by atoms with E-state index in [1.807, 2.05) is 13.2 Å². The Morgan fingerprint density at radius 1 is 1.44 bits per heavy atom. The molecule has 0 saturated heterocycles. The standard InChI is InChI=1S/C12H24N4/c1-4-6-7-10(5-2)8-11(13-3)12-9-14-16-15-12/h9-11,13H,4-8H2,1-3H3,(H,14,15,16). The Morgan fingerprint density at radius 3 is 2.75 bits per heavy atom. The minimum atomic E-state index is 0.334. The molecule has 16 heavy (non-hydrogen) atoms. The molecule has 4 nitrogen and oxygen atoms in total. The van der Waals surface area contributed by atoms with Gasteiger partial charge in [0, 0.05) is 0 Å². The van der Waals surface area contributed by atoms with E-state index in [4.69, 9.17) is 0 Å². The molecule has 0 spiro atoms. The zero-order chi connectivity index (χ0) is 11.8. The quantitative estimate of drug-likeness (QED) is 0.714. The maximum absolute atomic E-state index is 4.16. The first-order valence-corrected chi connectivity index (χ1v) is 6.34. The zero-order valence-electron chi connectivity index (χ0n) is 10.7. The van der Waals surface area contributed by atoms with E-state index in [9.17, 15) is 0 Å². The molecule has 2 N–H and O–H groups in total. The van der Waals surface area contributed by atoms with Crippen LogP contribution in [0.5, 0.6) is 0 Å².